The highest BCUT2D eigenvalue weighted by atomic mass is 35.5. The Balaban J connectivity index is 0.00000432. The summed E-state index contributed by atoms with van der Waals surface area (Å²) in [5.74, 6) is -0.0613. The van der Waals surface area contributed by atoms with E-state index in [4.69, 9.17) is 25.8 Å². The van der Waals surface area contributed by atoms with Gasteiger partial charge in [-0.15, -0.1) is 0 Å². The van der Waals surface area contributed by atoms with Crippen molar-refractivity contribution in [1.82, 2.24) is 9.97 Å². The Morgan fingerprint density at radius 1 is 1.03 bits per heavy atom. The average Bonchev–Trinajstić information content (AvgIpc) is 2.85. The molecule has 0 spiro atoms. The predicted octanol–water partition coefficient (Wildman–Crippen LogP) is 0.819. The molecule has 1 heterocycles. The average molecular weight is 516 g/mol. The van der Waals surface area contributed by atoms with E-state index in [0.29, 0.717) is 10.9 Å². The summed E-state index contributed by atoms with van der Waals surface area (Å²) in [6.45, 7) is -1.21. The minimum absolute atomic E-state index is 0. The maximum atomic E-state index is 14.4. The minimum Gasteiger partial charge on any atom is -0.493 e. The summed E-state index contributed by atoms with van der Waals surface area (Å²) in [6.07, 6.45) is -4.25. The molecular formula is C22H27ClFN3O8. The van der Waals surface area contributed by atoms with Gasteiger partial charge in [-0.1, -0.05) is 17.7 Å². The molecule has 0 aliphatic carbocycles. The normalized spacial score (nSPS) is 14.5. The number of methoxy groups -OCH3 is 2. The molecule has 0 aliphatic rings. The van der Waals surface area contributed by atoms with Crippen molar-refractivity contribution in [3.8, 4) is 11.5 Å². The van der Waals surface area contributed by atoms with Crippen molar-refractivity contribution < 1.29 is 44.5 Å². The highest BCUT2D eigenvalue weighted by Gasteiger charge is 2.34. The standard InChI is InChI=1S/C22H25ClFN3O7.H2O/c1-32-15-6-11-14(25-10-26-22(11)27-13-5-3-4-12(23)19(13)24)7-16(15)34-18(9-29)21(31)20(30)17(8-28)33-2;/h3-7,10,17-18,20-21,28-31H,8-9H2,1-2H3,(H,25,26,27);1H2/t17-,18-,20+,21+;/m0./s1. The molecule has 0 unspecified atom stereocenters. The number of fused-ring (bicyclic) bond motifs is 1. The smallest absolute Gasteiger partial charge is 0.165 e. The van der Waals surface area contributed by atoms with E-state index in [2.05, 4.69) is 15.3 Å². The summed E-state index contributed by atoms with van der Waals surface area (Å²) in [6, 6.07) is 7.53. The number of nitrogens with zero attached hydrogens (tertiary/aromatic N) is 2. The number of hydrogen-bond acceptors (Lipinski definition) is 10. The molecule has 2 aromatic carbocycles. The number of halogens is 2. The molecule has 35 heavy (non-hydrogen) atoms. The number of hydrogen-bond donors (Lipinski definition) is 5. The van der Waals surface area contributed by atoms with Gasteiger partial charge >= 0.3 is 0 Å². The first kappa shape index (κ1) is 28.4. The molecule has 0 aliphatic heterocycles. The predicted molar refractivity (Wildman–Crippen MR) is 126 cm³/mol. The van der Waals surface area contributed by atoms with Crippen LogP contribution in [-0.2, 0) is 4.74 Å². The van der Waals surface area contributed by atoms with Gasteiger partial charge in [0.05, 0.1) is 36.6 Å². The summed E-state index contributed by atoms with van der Waals surface area (Å²) < 4.78 is 30.4. The van der Waals surface area contributed by atoms with Crippen LogP contribution in [0.5, 0.6) is 11.5 Å². The molecular weight excluding hydrogens is 489 g/mol. The molecule has 13 heteroatoms. The largest absolute Gasteiger partial charge is 0.493 e. The van der Waals surface area contributed by atoms with E-state index >= 15 is 0 Å². The molecule has 7 N–H and O–H groups in total. The van der Waals surface area contributed by atoms with Gasteiger partial charge in [0.1, 0.15) is 30.5 Å². The lowest BCUT2D eigenvalue weighted by Gasteiger charge is -2.30. The van der Waals surface area contributed by atoms with Crippen molar-refractivity contribution >= 4 is 34.0 Å². The first-order valence-corrected chi connectivity index (χ1v) is 10.5. The zero-order chi connectivity index (χ0) is 24.8. The third-order valence-corrected chi connectivity index (χ3v) is 5.47. The van der Waals surface area contributed by atoms with Gasteiger partial charge in [0, 0.05) is 18.6 Å². The number of anilines is 2. The molecule has 1 aromatic heterocycles. The number of aliphatic hydroxyl groups is 4. The summed E-state index contributed by atoms with van der Waals surface area (Å²) in [7, 11) is 2.64. The first-order valence-electron chi connectivity index (χ1n) is 10.2. The number of aromatic nitrogens is 2. The van der Waals surface area contributed by atoms with Crippen molar-refractivity contribution in [3.05, 3.63) is 47.5 Å². The van der Waals surface area contributed by atoms with Crippen molar-refractivity contribution in [2.24, 2.45) is 0 Å². The summed E-state index contributed by atoms with van der Waals surface area (Å²) in [5.41, 5.74) is 0.494. The van der Waals surface area contributed by atoms with Crippen molar-refractivity contribution in [2.45, 2.75) is 24.4 Å². The minimum atomic E-state index is -1.60. The topological polar surface area (TPSA) is 178 Å². The van der Waals surface area contributed by atoms with Crippen LogP contribution in [0.3, 0.4) is 0 Å². The lowest BCUT2D eigenvalue weighted by Crippen LogP contribution is -2.49. The van der Waals surface area contributed by atoms with Crippen molar-refractivity contribution in [3.63, 3.8) is 0 Å². The lowest BCUT2D eigenvalue weighted by atomic mass is 10.0. The molecule has 0 saturated heterocycles. The van der Waals surface area contributed by atoms with Gasteiger partial charge in [-0.3, -0.25) is 0 Å². The Morgan fingerprint density at radius 3 is 2.34 bits per heavy atom. The van der Waals surface area contributed by atoms with Gasteiger partial charge in [0.15, 0.2) is 23.4 Å². The molecule has 0 fully saturated rings. The van der Waals surface area contributed by atoms with Crippen LogP contribution in [0, 0.1) is 5.82 Å². The van der Waals surface area contributed by atoms with E-state index in [9.17, 15) is 24.8 Å². The second kappa shape index (κ2) is 12.7. The van der Waals surface area contributed by atoms with Crippen LogP contribution in [0.15, 0.2) is 36.7 Å². The van der Waals surface area contributed by atoms with E-state index in [1.165, 1.54) is 38.7 Å². The van der Waals surface area contributed by atoms with Crippen LogP contribution < -0.4 is 14.8 Å². The van der Waals surface area contributed by atoms with Crippen LogP contribution in [0.4, 0.5) is 15.9 Å². The van der Waals surface area contributed by atoms with Crippen LogP contribution >= 0.6 is 11.6 Å². The van der Waals surface area contributed by atoms with Gasteiger partial charge in [-0.05, 0) is 18.2 Å². The Kier molecular flexibility index (Phi) is 10.3. The Bertz CT molecular complexity index is 1120. The fourth-order valence-corrected chi connectivity index (χ4v) is 3.46. The van der Waals surface area contributed by atoms with Gasteiger partial charge in [0.2, 0.25) is 0 Å². The van der Waals surface area contributed by atoms with Crippen LogP contribution in [0.2, 0.25) is 5.02 Å². The monoisotopic (exact) mass is 515 g/mol. The fraction of sp³-hybridized carbons (Fsp3) is 0.364. The van der Waals surface area contributed by atoms with Crippen LogP contribution in [0.25, 0.3) is 10.9 Å². The van der Waals surface area contributed by atoms with E-state index in [0.717, 1.165) is 0 Å². The Hall–Kier alpha value is -2.84. The highest BCUT2D eigenvalue weighted by Crippen LogP contribution is 2.36. The summed E-state index contributed by atoms with van der Waals surface area (Å²) in [5, 5.41) is 43.0. The number of benzene rings is 2. The second-order valence-corrected chi connectivity index (χ2v) is 7.65. The second-order valence-electron chi connectivity index (χ2n) is 7.25. The van der Waals surface area contributed by atoms with Gasteiger partial charge in [0.25, 0.3) is 0 Å². The quantitative estimate of drug-likeness (QED) is 0.245. The number of nitrogens with one attached hydrogen (secondary N) is 1. The molecule has 0 bridgehead atoms. The highest BCUT2D eigenvalue weighted by molar-refractivity contribution is 6.31. The number of aliphatic hydroxyl groups excluding tert-OH is 4. The van der Waals surface area contributed by atoms with Crippen molar-refractivity contribution in [1.29, 1.82) is 0 Å². The molecule has 3 aromatic rings. The zero-order valence-corrected chi connectivity index (χ0v) is 19.6. The van der Waals surface area contributed by atoms with E-state index in [-0.39, 0.29) is 33.5 Å². The summed E-state index contributed by atoms with van der Waals surface area (Å²) in [4.78, 5) is 8.36. The first-order chi connectivity index (χ1) is 16.3. The van der Waals surface area contributed by atoms with Gasteiger partial charge in [-0.25, -0.2) is 14.4 Å². The van der Waals surface area contributed by atoms with E-state index in [1.807, 2.05) is 0 Å². The molecule has 0 saturated carbocycles. The van der Waals surface area contributed by atoms with Crippen LogP contribution in [0.1, 0.15) is 0 Å². The fourth-order valence-electron chi connectivity index (χ4n) is 3.28. The molecule has 4 atom stereocenters. The van der Waals surface area contributed by atoms with Gasteiger partial charge in [-0.2, -0.15) is 0 Å². The molecule has 0 radical (unpaired) electrons. The number of rotatable bonds is 11. The Morgan fingerprint density at radius 2 is 1.71 bits per heavy atom. The third-order valence-electron chi connectivity index (χ3n) is 5.18. The number of ether oxygens (including phenoxy) is 3. The molecule has 0 amide bonds. The summed E-state index contributed by atoms with van der Waals surface area (Å²) >= 11 is 5.85. The molecule has 11 nitrogen and oxygen atoms in total. The van der Waals surface area contributed by atoms with Gasteiger partial charge < -0.3 is 45.4 Å². The zero-order valence-electron chi connectivity index (χ0n) is 18.9. The Labute approximate surface area is 205 Å². The van der Waals surface area contributed by atoms with Crippen molar-refractivity contribution in [2.75, 3.05) is 32.8 Å². The lowest BCUT2D eigenvalue weighted by molar-refractivity contribution is -0.127. The maximum Gasteiger partial charge on any atom is 0.165 e. The maximum absolute atomic E-state index is 14.4. The molecule has 3 rings (SSSR count). The molecule has 192 valence electrons. The van der Waals surface area contributed by atoms with Crippen LogP contribution in [-0.4, -0.2) is 87.7 Å². The third kappa shape index (κ3) is 6.24. The van der Waals surface area contributed by atoms with E-state index in [1.54, 1.807) is 12.1 Å². The SMILES string of the molecule is COc1cc2c(Nc3cccc(Cl)c3F)ncnc2cc1O[C@@H](CO)[C@@H](O)[C@H](O)[C@H](CO)OC.O. The van der Waals surface area contributed by atoms with E-state index < -0.39 is 43.4 Å².